The first-order chi connectivity index (χ1) is 6.79. The van der Waals surface area contributed by atoms with Crippen LogP contribution in [0.4, 0.5) is 4.39 Å². The van der Waals surface area contributed by atoms with Crippen LogP contribution in [0.5, 0.6) is 0 Å². The molecule has 0 N–H and O–H groups in total. The largest absolute Gasteiger partial charge is 0.456 e. The molecule has 0 bridgehead atoms. The van der Waals surface area contributed by atoms with Crippen molar-refractivity contribution in [1.82, 2.24) is 0 Å². The van der Waals surface area contributed by atoms with E-state index in [0.29, 0.717) is 5.56 Å². The fraction of sp³-hybridized carbons (Fsp3) is 0.417. The Hall–Kier alpha value is -1.38. The highest BCUT2D eigenvalue weighted by Gasteiger charge is 2.19. The molecule has 1 rings (SSSR count). The van der Waals surface area contributed by atoms with Gasteiger partial charge in [-0.05, 0) is 45.4 Å². The lowest BCUT2D eigenvalue weighted by Gasteiger charge is -2.20. The number of esters is 1. The number of aryl methyl sites for hydroxylation is 1. The van der Waals surface area contributed by atoms with Crippen LogP contribution in [0.15, 0.2) is 18.2 Å². The monoisotopic (exact) mass is 210 g/mol. The van der Waals surface area contributed by atoms with Gasteiger partial charge in [-0.2, -0.15) is 0 Å². The zero-order valence-electron chi connectivity index (χ0n) is 9.43. The minimum absolute atomic E-state index is 0.282. The van der Waals surface area contributed by atoms with Crippen molar-refractivity contribution in [2.45, 2.75) is 33.3 Å². The van der Waals surface area contributed by atoms with Gasteiger partial charge in [0.2, 0.25) is 0 Å². The van der Waals surface area contributed by atoms with Crippen molar-refractivity contribution < 1.29 is 13.9 Å². The van der Waals surface area contributed by atoms with Gasteiger partial charge in [0, 0.05) is 0 Å². The molecule has 0 unspecified atom stereocenters. The lowest BCUT2D eigenvalue weighted by molar-refractivity contribution is 0.00682. The summed E-state index contributed by atoms with van der Waals surface area (Å²) in [4.78, 5) is 11.6. The van der Waals surface area contributed by atoms with E-state index in [9.17, 15) is 9.18 Å². The van der Waals surface area contributed by atoms with Crippen LogP contribution in [0.2, 0.25) is 0 Å². The number of hydrogen-bond donors (Lipinski definition) is 0. The minimum Gasteiger partial charge on any atom is -0.456 e. The van der Waals surface area contributed by atoms with E-state index < -0.39 is 17.4 Å². The van der Waals surface area contributed by atoms with E-state index in [1.807, 2.05) is 0 Å². The number of rotatable bonds is 1. The highest BCUT2D eigenvalue weighted by Crippen LogP contribution is 2.16. The third-order valence-electron chi connectivity index (χ3n) is 1.82. The molecule has 82 valence electrons. The van der Waals surface area contributed by atoms with E-state index in [4.69, 9.17) is 4.74 Å². The maximum Gasteiger partial charge on any atom is 0.339 e. The van der Waals surface area contributed by atoms with Gasteiger partial charge in [-0.1, -0.05) is 6.07 Å². The van der Waals surface area contributed by atoms with Crippen molar-refractivity contribution >= 4 is 5.97 Å². The van der Waals surface area contributed by atoms with Crippen LogP contribution < -0.4 is 0 Å². The first-order valence-corrected chi connectivity index (χ1v) is 4.79. The van der Waals surface area contributed by atoms with Gasteiger partial charge in [0.1, 0.15) is 11.4 Å². The van der Waals surface area contributed by atoms with Gasteiger partial charge >= 0.3 is 5.97 Å². The molecule has 15 heavy (non-hydrogen) atoms. The Balaban J connectivity index is 2.96. The number of benzene rings is 1. The van der Waals surface area contributed by atoms with Gasteiger partial charge in [0.15, 0.2) is 0 Å². The smallest absolute Gasteiger partial charge is 0.339 e. The molecule has 0 amide bonds. The molecule has 0 fully saturated rings. The predicted octanol–water partition coefficient (Wildman–Crippen LogP) is 3.09. The molecule has 0 aliphatic heterocycles. The summed E-state index contributed by atoms with van der Waals surface area (Å²) in [6.07, 6.45) is 0. The molecule has 1 aromatic rings. The van der Waals surface area contributed by atoms with Crippen LogP contribution in [-0.2, 0) is 4.74 Å². The van der Waals surface area contributed by atoms with Crippen molar-refractivity contribution in [2.75, 3.05) is 0 Å². The molecule has 0 spiro atoms. The third kappa shape index (κ3) is 3.35. The second-order valence-corrected chi connectivity index (χ2v) is 4.46. The fourth-order valence-corrected chi connectivity index (χ4v) is 1.15. The molecule has 0 atom stereocenters. The molecule has 0 aromatic heterocycles. The van der Waals surface area contributed by atoms with Crippen LogP contribution in [-0.4, -0.2) is 11.6 Å². The lowest BCUT2D eigenvalue weighted by atomic mass is 10.1. The number of halogens is 1. The molecular formula is C12H15FO2. The Labute approximate surface area is 89.1 Å². The van der Waals surface area contributed by atoms with Crippen LogP contribution in [0, 0.1) is 12.7 Å². The van der Waals surface area contributed by atoms with E-state index in [1.165, 1.54) is 12.1 Å². The summed E-state index contributed by atoms with van der Waals surface area (Å²) < 4.78 is 18.1. The molecule has 0 aliphatic carbocycles. The Morgan fingerprint density at radius 3 is 2.47 bits per heavy atom. The predicted molar refractivity (Wildman–Crippen MR) is 56.3 cm³/mol. The molecule has 0 saturated heterocycles. The SMILES string of the molecule is Cc1ccc(F)cc1C(=O)OC(C)(C)C. The summed E-state index contributed by atoms with van der Waals surface area (Å²) in [5.41, 5.74) is 0.436. The minimum atomic E-state index is -0.560. The first kappa shape index (κ1) is 11.7. The summed E-state index contributed by atoms with van der Waals surface area (Å²) in [6, 6.07) is 4.08. The molecule has 1 aromatic carbocycles. The average Bonchev–Trinajstić information content (AvgIpc) is 2.06. The zero-order chi connectivity index (χ0) is 11.6. The number of carbonyl (C=O) groups is 1. The second kappa shape index (κ2) is 4.01. The van der Waals surface area contributed by atoms with E-state index in [-0.39, 0.29) is 5.56 Å². The fourth-order valence-electron chi connectivity index (χ4n) is 1.15. The normalized spacial score (nSPS) is 11.3. The highest BCUT2D eigenvalue weighted by molar-refractivity contribution is 5.91. The van der Waals surface area contributed by atoms with Crippen LogP contribution in [0.25, 0.3) is 0 Å². The number of hydrogen-bond acceptors (Lipinski definition) is 2. The lowest BCUT2D eigenvalue weighted by Crippen LogP contribution is -2.24. The molecule has 0 saturated carbocycles. The molecule has 3 heteroatoms. The number of ether oxygens (including phenoxy) is 1. The standard InChI is InChI=1S/C12H15FO2/c1-8-5-6-9(13)7-10(8)11(14)15-12(2,3)4/h5-7H,1-4H3. The van der Waals surface area contributed by atoms with Gasteiger partial charge in [0.25, 0.3) is 0 Å². The maximum atomic E-state index is 12.9. The van der Waals surface area contributed by atoms with Gasteiger partial charge in [-0.15, -0.1) is 0 Å². The molecular weight excluding hydrogens is 195 g/mol. The Bertz CT molecular complexity index is 378. The van der Waals surface area contributed by atoms with Crippen LogP contribution >= 0.6 is 0 Å². The summed E-state index contributed by atoms with van der Waals surface area (Å²) in [5.74, 6) is -0.916. The quantitative estimate of drug-likeness (QED) is 0.666. The summed E-state index contributed by atoms with van der Waals surface area (Å²) >= 11 is 0. The summed E-state index contributed by atoms with van der Waals surface area (Å²) in [7, 11) is 0. The van der Waals surface area contributed by atoms with Gasteiger partial charge in [-0.3, -0.25) is 0 Å². The molecule has 0 aliphatic rings. The van der Waals surface area contributed by atoms with E-state index in [2.05, 4.69) is 0 Å². The zero-order valence-corrected chi connectivity index (χ0v) is 9.43. The topological polar surface area (TPSA) is 26.3 Å². The van der Waals surface area contributed by atoms with Crippen molar-refractivity contribution in [3.63, 3.8) is 0 Å². The van der Waals surface area contributed by atoms with Crippen molar-refractivity contribution in [3.05, 3.63) is 35.1 Å². The van der Waals surface area contributed by atoms with Crippen LogP contribution in [0.1, 0.15) is 36.7 Å². The average molecular weight is 210 g/mol. The highest BCUT2D eigenvalue weighted by atomic mass is 19.1. The Morgan fingerprint density at radius 2 is 1.93 bits per heavy atom. The van der Waals surface area contributed by atoms with Crippen molar-refractivity contribution in [2.24, 2.45) is 0 Å². The maximum absolute atomic E-state index is 12.9. The van der Waals surface area contributed by atoms with Crippen molar-refractivity contribution in [1.29, 1.82) is 0 Å². The van der Waals surface area contributed by atoms with E-state index in [0.717, 1.165) is 0 Å². The van der Waals surface area contributed by atoms with Gasteiger partial charge in [-0.25, -0.2) is 9.18 Å². The summed E-state index contributed by atoms with van der Waals surface area (Å²) in [5, 5.41) is 0. The van der Waals surface area contributed by atoms with E-state index >= 15 is 0 Å². The Kier molecular flexibility index (Phi) is 3.12. The van der Waals surface area contributed by atoms with Crippen LogP contribution in [0.3, 0.4) is 0 Å². The molecule has 2 nitrogen and oxygen atoms in total. The molecule has 0 heterocycles. The second-order valence-electron chi connectivity index (χ2n) is 4.46. The number of carbonyl (C=O) groups excluding carboxylic acids is 1. The Morgan fingerprint density at radius 1 is 1.33 bits per heavy atom. The third-order valence-corrected chi connectivity index (χ3v) is 1.82. The van der Waals surface area contributed by atoms with E-state index in [1.54, 1.807) is 33.8 Å². The molecule has 0 radical (unpaired) electrons. The first-order valence-electron chi connectivity index (χ1n) is 4.79. The summed E-state index contributed by atoms with van der Waals surface area (Å²) in [6.45, 7) is 7.08. The van der Waals surface area contributed by atoms with Gasteiger partial charge < -0.3 is 4.74 Å². The van der Waals surface area contributed by atoms with Crippen molar-refractivity contribution in [3.8, 4) is 0 Å². The van der Waals surface area contributed by atoms with Gasteiger partial charge in [0.05, 0.1) is 5.56 Å².